The maximum Gasteiger partial charge on any atom is 0.341 e. The van der Waals surface area contributed by atoms with Gasteiger partial charge in [0, 0.05) is 5.92 Å². The number of methoxy groups -OCH3 is 1. The molecular weight excluding hydrogens is 234 g/mol. The van der Waals surface area contributed by atoms with Gasteiger partial charge in [0.25, 0.3) is 0 Å². The fourth-order valence-corrected chi connectivity index (χ4v) is 1.94. The minimum atomic E-state index is -0.426. The lowest BCUT2D eigenvalue weighted by molar-refractivity contribution is -0.122. The molecule has 0 saturated heterocycles. The second-order valence-electron chi connectivity index (χ2n) is 4.71. The molecule has 18 heavy (non-hydrogen) atoms. The van der Waals surface area contributed by atoms with E-state index in [0.717, 1.165) is 6.42 Å². The van der Waals surface area contributed by atoms with Crippen molar-refractivity contribution in [2.75, 3.05) is 7.11 Å². The summed E-state index contributed by atoms with van der Waals surface area (Å²) in [4.78, 5) is 23.0. The lowest BCUT2D eigenvalue weighted by Crippen LogP contribution is -2.24. The number of hydrogen-bond donors (Lipinski definition) is 1. The molecule has 1 amide bonds. The van der Waals surface area contributed by atoms with E-state index in [4.69, 9.17) is 4.42 Å². The number of carbonyl (C=O) groups is 2. The van der Waals surface area contributed by atoms with E-state index in [1.807, 2.05) is 0 Å². The van der Waals surface area contributed by atoms with E-state index in [1.54, 1.807) is 13.0 Å². The summed E-state index contributed by atoms with van der Waals surface area (Å²) in [5.41, 5.74) is 0.404. The minimum Gasteiger partial charge on any atom is -0.465 e. The van der Waals surface area contributed by atoms with Crippen molar-refractivity contribution < 1.29 is 18.7 Å². The Hall–Kier alpha value is -1.78. The zero-order valence-corrected chi connectivity index (χ0v) is 10.8. The Balaban J connectivity index is 1.94. The van der Waals surface area contributed by atoms with Gasteiger partial charge in [0.15, 0.2) is 0 Å². The van der Waals surface area contributed by atoms with Crippen molar-refractivity contribution in [2.24, 2.45) is 11.8 Å². The number of rotatable bonds is 4. The quantitative estimate of drug-likeness (QED) is 0.826. The van der Waals surface area contributed by atoms with Crippen LogP contribution in [0, 0.1) is 18.8 Å². The molecule has 0 spiro atoms. The molecule has 1 aromatic heterocycles. The van der Waals surface area contributed by atoms with Gasteiger partial charge in [-0.1, -0.05) is 6.92 Å². The van der Waals surface area contributed by atoms with Gasteiger partial charge in [-0.2, -0.15) is 0 Å². The zero-order valence-electron chi connectivity index (χ0n) is 10.8. The number of amides is 1. The van der Waals surface area contributed by atoms with Gasteiger partial charge in [-0.25, -0.2) is 4.79 Å². The van der Waals surface area contributed by atoms with Crippen LogP contribution in [-0.4, -0.2) is 19.0 Å². The van der Waals surface area contributed by atoms with Gasteiger partial charge in [-0.05, 0) is 25.3 Å². The SMILES string of the molecule is COC(=O)c1cc(CNC(=O)[C@@H]2C[C@H]2C)oc1C. The molecule has 1 N–H and O–H groups in total. The van der Waals surface area contributed by atoms with E-state index in [0.29, 0.717) is 29.5 Å². The molecule has 5 heteroatoms. The average molecular weight is 251 g/mol. The molecule has 1 aromatic rings. The van der Waals surface area contributed by atoms with E-state index < -0.39 is 5.97 Å². The van der Waals surface area contributed by atoms with Crippen LogP contribution < -0.4 is 5.32 Å². The van der Waals surface area contributed by atoms with Crippen LogP contribution in [0.3, 0.4) is 0 Å². The summed E-state index contributed by atoms with van der Waals surface area (Å²) in [6.45, 7) is 4.05. The third-order valence-corrected chi connectivity index (χ3v) is 3.26. The first-order valence-corrected chi connectivity index (χ1v) is 5.98. The highest BCUT2D eigenvalue weighted by molar-refractivity contribution is 5.90. The number of ether oxygens (including phenoxy) is 1. The molecule has 0 aliphatic heterocycles. The van der Waals surface area contributed by atoms with Crippen LogP contribution in [0.15, 0.2) is 10.5 Å². The standard InChI is InChI=1S/C13H17NO4/c1-7-4-10(7)12(15)14-6-9-5-11(8(2)18-9)13(16)17-3/h5,7,10H,4,6H2,1-3H3,(H,14,15)/t7-,10-/m1/s1. The second kappa shape index (κ2) is 4.84. The van der Waals surface area contributed by atoms with Crippen LogP contribution in [0.4, 0.5) is 0 Å². The predicted octanol–water partition coefficient (Wildman–Crippen LogP) is 1.65. The topological polar surface area (TPSA) is 68.5 Å². The van der Waals surface area contributed by atoms with Crippen molar-refractivity contribution in [1.29, 1.82) is 0 Å². The van der Waals surface area contributed by atoms with Crippen LogP contribution in [-0.2, 0) is 16.1 Å². The van der Waals surface area contributed by atoms with Crippen molar-refractivity contribution in [3.63, 3.8) is 0 Å². The smallest absolute Gasteiger partial charge is 0.341 e. The summed E-state index contributed by atoms with van der Waals surface area (Å²) < 4.78 is 10.0. The highest BCUT2D eigenvalue weighted by atomic mass is 16.5. The molecule has 1 fully saturated rings. The fourth-order valence-electron chi connectivity index (χ4n) is 1.94. The number of nitrogens with one attached hydrogen (secondary N) is 1. The maximum atomic E-state index is 11.6. The Kier molecular flexibility index (Phi) is 3.41. The van der Waals surface area contributed by atoms with Crippen LogP contribution in [0.1, 0.15) is 35.2 Å². The Bertz CT molecular complexity index is 477. The monoisotopic (exact) mass is 251 g/mol. The van der Waals surface area contributed by atoms with Crippen LogP contribution >= 0.6 is 0 Å². The maximum absolute atomic E-state index is 11.6. The van der Waals surface area contributed by atoms with Crippen molar-refractivity contribution >= 4 is 11.9 Å². The Morgan fingerprint density at radius 2 is 2.22 bits per heavy atom. The number of furan rings is 1. The minimum absolute atomic E-state index is 0.0520. The van der Waals surface area contributed by atoms with E-state index >= 15 is 0 Å². The van der Waals surface area contributed by atoms with Gasteiger partial charge in [0.2, 0.25) is 5.91 Å². The Morgan fingerprint density at radius 3 is 2.78 bits per heavy atom. The van der Waals surface area contributed by atoms with E-state index in [2.05, 4.69) is 17.0 Å². The Morgan fingerprint density at radius 1 is 1.56 bits per heavy atom. The molecule has 0 aromatic carbocycles. The molecule has 5 nitrogen and oxygen atoms in total. The molecular formula is C13H17NO4. The van der Waals surface area contributed by atoms with Crippen molar-refractivity contribution in [3.05, 3.63) is 23.2 Å². The third kappa shape index (κ3) is 2.55. The first-order chi connectivity index (χ1) is 8.52. The normalized spacial score (nSPS) is 21.5. The lowest BCUT2D eigenvalue weighted by Gasteiger charge is -2.01. The summed E-state index contributed by atoms with van der Waals surface area (Å²) >= 11 is 0. The van der Waals surface area contributed by atoms with E-state index in [1.165, 1.54) is 7.11 Å². The molecule has 1 aliphatic rings. The largest absolute Gasteiger partial charge is 0.465 e. The van der Waals surface area contributed by atoms with E-state index in [9.17, 15) is 9.59 Å². The van der Waals surface area contributed by atoms with Gasteiger partial charge in [-0.15, -0.1) is 0 Å². The molecule has 1 saturated carbocycles. The summed E-state index contributed by atoms with van der Waals surface area (Å²) in [6.07, 6.45) is 0.955. The van der Waals surface area contributed by atoms with Crippen LogP contribution in [0.5, 0.6) is 0 Å². The zero-order chi connectivity index (χ0) is 13.3. The summed E-state index contributed by atoms with van der Waals surface area (Å²) in [6, 6.07) is 1.61. The third-order valence-electron chi connectivity index (χ3n) is 3.26. The molecule has 0 unspecified atom stereocenters. The highest BCUT2D eigenvalue weighted by Crippen LogP contribution is 2.37. The second-order valence-corrected chi connectivity index (χ2v) is 4.71. The summed E-state index contributed by atoms with van der Waals surface area (Å²) in [7, 11) is 1.32. The predicted molar refractivity (Wildman–Crippen MR) is 63.9 cm³/mol. The van der Waals surface area contributed by atoms with Gasteiger partial charge in [0.1, 0.15) is 17.1 Å². The number of hydrogen-bond acceptors (Lipinski definition) is 4. The Labute approximate surface area is 105 Å². The van der Waals surface area contributed by atoms with Crippen LogP contribution in [0.25, 0.3) is 0 Å². The summed E-state index contributed by atoms with van der Waals surface area (Å²) in [5, 5.41) is 2.80. The van der Waals surface area contributed by atoms with Gasteiger partial charge < -0.3 is 14.5 Å². The van der Waals surface area contributed by atoms with Crippen molar-refractivity contribution in [3.8, 4) is 0 Å². The molecule has 98 valence electrons. The average Bonchev–Trinajstić information content (AvgIpc) is 2.96. The molecule has 1 heterocycles. The first-order valence-electron chi connectivity index (χ1n) is 5.98. The van der Waals surface area contributed by atoms with Crippen molar-refractivity contribution in [1.82, 2.24) is 5.32 Å². The molecule has 2 rings (SSSR count). The molecule has 0 radical (unpaired) electrons. The van der Waals surface area contributed by atoms with Gasteiger partial charge in [-0.3, -0.25) is 4.79 Å². The molecule has 1 aliphatic carbocycles. The lowest BCUT2D eigenvalue weighted by atomic mass is 10.2. The molecule has 2 atom stereocenters. The fraction of sp³-hybridized carbons (Fsp3) is 0.538. The van der Waals surface area contributed by atoms with Gasteiger partial charge >= 0.3 is 5.97 Å². The van der Waals surface area contributed by atoms with Crippen LogP contribution in [0.2, 0.25) is 0 Å². The number of aryl methyl sites for hydroxylation is 1. The number of esters is 1. The van der Waals surface area contributed by atoms with Crippen molar-refractivity contribution in [2.45, 2.75) is 26.8 Å². The van der Waals surface area contributed by atoms with Gasteiger partial charge in [0.05, 0.1) is 13.7 Å². The highest BCUT2D eigenvalue weighted by Gasteiger charge is 2.38. The first kappa shape index (κ1) is 12.7. The van der Waals surface area contributed by atoms with E-state index in [-0.39, 0.29) is 11.8 Å². The molecule has 0 bridgehead atoms. The summed E-state index contributed by atoms with van der Waals surface area (Å²) in [5.74, 6) is 1.32. The number of carbonyl (C=O) groups excluding carboxylic acids is 2.